The van der Waals surface area contributed by atoms with Crippen LogP contribution in [-0.4, -0.2) is 5.33 Å². The van der Waals surface area contributed by atoms with Crippen LogP contribution in [0.15, 0.2) is 11.6 Å². The molecular weight excluding hydrogens is 260 g/mol. The van der Waals surface area contributed by atoms with Crippen LogP contribution in [0.3, 0.4) is 0 Å². The van der Waals surface area contributed by atoms with Gasteiger partial charge in [0.05, 0.1) is 0 Å². The van der Waals surface area contributed by atoms with Gasteiger partial charge < -0.3 is 0 Å². The summed E-state index contributed by atoms with van der Waals surface area (Å²) < 4.78 is 0. The Kier molecular flexibility index (Phi) is 10.5. The van der Waals surface area contributed by atoms with Crippen molar-refractivity contribution in [2.45, 2.75) is 66.2 Å². The fourth-order valence-electron chi connectivity index (χ4n) is 1.95. The van der Waals surface area contributed by atoms with Gasteiger partial charge in [-0.1, -0.05) is 60.7 Å². The van der Waals surface area contributed by atoms with Crippen molar-refractivity contribution >= 4 is 15.9 Å². The van der Waals surface area contributed by atoms with Crippen molar-refractivity contribution < 1.29 is 0 Å². The average Bonchev–Trinajstić information content (AvgIpc) is 2.17. The number of hydrogen-bond acceptors (Lipinski definition) is 0. The molecule has 0 heterocycles. The largest absolute Gasteiger partial charge is 0.0928 e. The quantitative estimate of drug-likeness (QED) is 0.363. The second-order valence-corrected chi connectivity index (χ2v) is 6.27. The molecule has 0 aromatic carbocycles. The first-order chi connectivity index (χ1) is 7.56. The fourth-order valence-corrected chi connectivity index (χ4v) is 2.73. The Hall–Kier alpha value is 0.220. The van der Waals surface area contributed by atoms with Crippen LogP contribution in [0.4, 0.5) is 0 Å². The van der Waals surface area contributed by atoms with E-state index in [2.05, 4.69) is 49.7 Å². The molecular formula is C15H29Br. The molecule has 0 radical (unpaired) electrons. The van der Waals surface area contributed by atoms with E-state index in [4.69, 9.17) is 0 Å². The van der Waals surface area contributed by atoms with Gasteiger partial charge in [0, 0.05) is 5.33 Å². The molecule has 0 aromatic heterocycles. The second kappa shape index (κ2) is 10.4. The predicted molar refractivity (Wildman–Crippen MR) is 79.3 cm³/mol. The molecule has 0 aliphatic rings. The Morgan fingerprint density at radius 1 is 1.00 bits per heavy atom. The van der Waals surface area contributed by atoms with E-state index in [1.54, 1.807) is 0 Å². The van der Waals surface area contributed by atoms with Crippen molar-refractivity contribution in [2.24, 2.45) is 11.8 Å². The molecule has 0 saturated heterocycles. The van der Waals surface area contributed by atoms with Crippen LogP contribution in [0, 0.1) is 11.8 Å². The minimum atomic E-state index is 0.893. The Labute approximate surface area is 111 Å². The van der Waals surface area contributed by atoms with Crippen LogP contribution < -0.4 is 0 Å². The van der Waals surface area contributed by atoms with Crippen LogP contribution in [0.1, 0.15) is 66.2 Å². The lowest BCUT2D eigenvalue weighted by atomic mass is 9.94. The van der Waals surface area contributed by atoms with Crippen molar-refractivity contribution in [3.05, 3.63) is 11.6 Å². The maximum Gasteiger partial charge on any atom is 0.00338 e. The van der Waals surface area contributed by atoms with E-state index < -0.39 is 0 Å². The number of halogens is 1. The van der Waals surface area contributed by atoms with Gasteiger partial charge in [0.1, 0.15) is 0 Å². The zero-order chi connectivity index (χ0) is 12.4. The zero-order valence-electron chi connectivity index (χ0n) is 11.6. The summed E-state index contributed by atoms with van der Waals surface area (Å²) in [6, 6.07) is 0. The molecule has 16 heavy (non-hydrogen) atoms. The monoisotopic (exact) mass is 288 g/mol. The van der Waals surface area contributed by atoms with Crippen LogP contribution in [0.2, 0.25) is 0 Å². The number of rotatable bonds is 9. The molecule has 0 aromatic rings. The van der Waals surface area contributed by atoms with Crippen molar-refractivity contribution in [3.63, 3.8) is 0 Å². The van der Waals surface area contributed by atoms with Crippen LogP contribution >= 0.6 is 15.9 Å². The smallest absolute Gasteiger partial charge is 0.00338 e. The van der Waals surface area contributed by atoms with E-state index in [0.29, 0.717) is 0 Å². The van der Waals surface area contributed by atoms with Crippen molar-refractivity contribution in [3.8, 4) is 0 Å². The first-order valence-corrected chi connectivity index (χ1v) is 7.87. The summed E-state index contributed by atoms with van der Waals surface area (Å²) in [5.74, 6) is 1.79. The van der Waals surface area contributed by atoms with Crippen LogP contribution in [-0.2, 0) is 0 Å². The Balaban J connectivity index is 3.43. The number of allylic oxidation sites excluding steroid dienone is 2. The summed E-state index contributed by atoms with van der Waals surface area (Å²) in [6.45, 7) is 9.14. The van der Waals surface area contributed by atoms with Crippen LogP contribution in [0.25, 0.3) is 0 Å². The molecule has 0 bridgehead atoms. The highest BCUT2D eigenvalue weighted by molar-refractivity contribution is 9.09. The van der Waals surface area contributed by atoms with Gasteiger partial charge in [0.2, 0.25) is 0 Å². The molecule has 1 heteroatoms. The maximum absolute atomic E-state index is 3.51. The maximum atomic E-state index is 3.51. The van der Waals surface area contributed by atoms with E-state index in [-0.39, 0.29) is 0 Å². The Morgan fingerprint density at radius 3 is 2.06 bits per heavy atom. The predicted octanol–water partition coefficient (Wildman–Crippen LogP) is 5.96. The highest BCUT2D eigenvalue weighted by atomic mass is 79.9. The summed E-state index contributed by atoms with van der Waals surface area (Å²) in [4.78, 5) is 0. The fraction of sp³-hybridized carbons (Fsp3) is 0.867. The van der Waals surface area contributed by atoms with Gasteiger partial charge in [-0.05, 0) is 44.9 Å². The van der Waals surface area contributed by atoms with Crippen molar-refractivity contribution in [1.29, 1.82) is 0 Å². The molecule has 0 spiro atoms. The average molecular weight is 289 g/mol. The standard InChI is InChI=1S/C15H29Br/c1-13(2)7-5-8-14(3)9-6-10-15(4)11-12-16/h7,14-15H,5-6,8-12H2,1-4H3/t14-,15-/m1/s1. The van der Waals surface area contributed by atoms with Gasteiger partial charge in [-0.3, -0.25) is 0 Å². The molecule has 2 atom stereocenters. The molecule has 0 fully saturated rings. The molecule has 0 unspecified atom stereocenters. The topological polar surface area (TPSA) is 0 Å². The van der Waals surface area contributed by atoms with Gasteiger partial charge in [-0.2, -0.15) is 0 Å². The minimum Gasteiger partial charge on any atom is -0.0928 e. The van der Waals surface area contributed by atoms with Gasteiger partial charge in [0.25, 0.3) is 0 Å². The molecule has 0 nitrogen and oxygen atoms in total. The zero-order valence-corrected chi connectivity index (χ0v) is 13.1. The van der Waals surface area contributed by atoms with Gasteiger partial charge in [-0.25, -0.2) is 0 Å². The van der Waals surface area contributed by atoms with Crippen molar-refractivity contribution in [2.75, 3.05) is 5.33 Å². The van der Waals surface area contributed by atoms with Gasteiger partial charge >= 0.3 is 0 Å². The van der Waals surface area contributed by atoms with E-state index in [1.165, 1.54) is 44.1 Å². The Bertz CT molecular complexity index is 180. The summed E-state index contributed by atoms with van der Waals surface area (Å²) in [5, 5.41) is 1.16. The molecule has 0 saturated carbocycles. The highest BCUT2D eigenvalue weighted by Gasteiger charge is 2.04. The third kappa shape index (κ3) is 10.7. The van der Waals surface area contributed by atoms with Gasteiger partial charge in [0.15, 0.2) is 0 Å². The van der Waals surface area contributed by atoms with Gasteiger partial charge in [-0.15, -0.1) is 0 Å². The lowest BCUT2D eigenvalue weighted by Crippen LogP contribution is -1.99. The van der Waals surface area contributed by atoms with E-state index in [9.17, 15) is 0 Å². The lowest BCUT2D eigenvalue weighted by Gasteiger charge is -2.13. The molecule has 0 aliphatic heterocycles. The first kappa shape index (κ1) is 16.2. The van der Waals surface area contributed by atoms with E-state index in [1.807, 2.05) is 0 Å². The number of alkyl halides is 1. The molecule has 0 rings (SSSR count). The SMILES string of the molecule is CC(C)=CCC[C@@H](C)CCC[C@@H](C)CCBr. The molecule has 96 valence electrons. The normalized spacial score (nSPS) is 14.6. The van der Waals surface area contributed by atoms with Crippen molar-refractivity contribution in [1.82, 2.24) is 0 Å². The summed E-state index contributed by atoms with van der Waals surface area (Å²) in [6.07, 6.45) is 10.5. The second-order valence-electron chi connectivity index (χ2n) is 5.48. The summed E-state index contributed by atoms with van der Waals surface area (Å²) >= 11 is 3.51. The third-order valence-electron chi connectivity index (χ3n) is 3.21. The number of hydrogen-bond donors (Lipinski definition) is 0. The molecule has 0 N–H and O–H groups in total. The lowest BCUT2D eigenvalue weighted by molar-refractivity contribution is 0.422. The highest BCUT2D eigenvalue weighted by Crippen LogP contribution is 2.19. The minimum absolute atomic E-state index is 0.893. The van der Waals surface area contributed by atoms with Crippen LogP contribution in [0.5, 0.6) is 0 Å². The summed E-state index contributed by atoms with van der Waals surface area (Å²) in [5.41, 5.74) is 1.46. The molecule has 0 amide bonds. The molecule has 0 aliphatic carbocycles. The Morgan fingerprint density at radius 2 is 1.56 bits per heavy atom. The summed E-state index contributed by atoms with van der Waals surface area (Å²) in [7, 11) is 0. The third-order valence-corrected chi connectivity index (χ3v) is 3.67. The first-order valence-electron chi connectivity index (χ1n) is 6.75. The van der Waals surface area contributed by atoms with E-state index in [0.717, 1.165) is 17.2 Å². The van der Waals surface area contributed by atoms with E-state index >= 15 is 0 Å².